The van der Waals surface area contributed by atoms with Gasteiger partial charge in [-0.15, -0.1) is 0 Å². The number of rotatable bonds is 3. The molecule has 0 aromatic heterocycles. The van der Waals surface area contributed by atoms with Crippen molar-refractivity contribution in [2.45, 2.75) is 12.8 Å². The summed E-state index contributed by atoms with van der Waals surface area (Å²) in [6.07, 6.45) is 2.52. The molecule has 3 rings (SSSR count). The van der Waals surface area contributed by atoms with Crippen LogP contribution in [0.4, 0.5) is 11.4 Å². The SMILES string of the molecule is Nc1ccc(Oc2ccccc2N2CCCC2)cc1. The van der Waals surface area contributed by atoms with Crippen molar-refractivity contribution in [2.24, 2.45) is 0 Å². The second-order valence-corrected chi connectivity index (χ2v) is 4.83. The van der Waals surface area contributed by atoms with Crippen LogP contribution in [0.15, 0.2) is 48.5 Å². The molecule has 0 radical (unpaired) electrons. The summed E-state index contributed by atoms with van der Waals surface area (Å²) in [7, 11) is 0. The fourth-order valence-corrected chi connectivity index (χ4v) is 2.43. The number of benzene rings is 2. The molecule has 2 N–H and O–H groups in total. The van der Waals surface area contributed by atoms with Gasteiger partial charge in [-0.25, -0.2) is 0 Å². The molecule has 0 unspecified atom stereocenters. The quantitative estimate of drug-likeness (QED) is 0.849. The third-order valence-electron chi connectivity index (χ3n) is 3.42. The Morgan fingerprint density at radius 2 is 1.58 bits per heavy atom. The lowest BCUT2D eigenvalue weighted by atomic mass is 10.2. The van der Waals surface area contributed by atoms with E-state index in [2.05, 4.69) is 17.0 Å². The van der Waals surface area contributed by atoms with Gasteiger partial charge in [0.1, 0.15) is 5.75 Å². The summed E-state index contributed by atoms with van der Waals surface area (Å²) in [6, 6.07) is 15.7. The van der Waals surface area contributed by atoms with E-state index in [1.165, 1.54) is 18.5 Å². The van der Waals surface area contributed by atoms with Crippen LogP contribution in [0.1, 0.15) is 12.8 Å². The van der Waals surface area contributed by atoms with Gasteiger partial charge in [-0.1, -0.05) is 12.1 Å². The first-order valence-corrected chi connectivity index (χ1v) is 6.70. The number of hydrogen-bond acceptors (Lipinski definition) is 3. The molecule has 3 heteroatoms. The fraction of sp³-hybridized carbons (Fsp3) is 0.250. The Bertz CT molecular complexity index is 545. The Labute approximate surface area is 113 Å². The first-order valence-electron chi connectivity index (χ1n) is 6.70. The van der Waals surface area contributed by atoms with Crippen molar-refractivity contribution >= 4 is 11.4 Å². The average molecular weight is 254 g/mol. The van der Waals surface area contributed by atoms with Gasteiger partial charge in [-0.2, -0.15) is 0 Å². The van der Waals surface area contributed by atoms with E-state index in [4.69, 9.17) is 10.5 Å². The van der Waals surface area contributed by atoms with Crippen LogP contribution in [0.25, 0.3) is 0 Å². The molecule has 1 saturated heterocycles. The number of nitrogens with two attached hydrogens (primary N) is 1. The summed E-state index contributed by atoms with van der Waals surface area (Å²) < 4.78 is 5.98. The summed E-state index contributed by atoms with van der Waals surface area (Å²) in [6.45, 7) is 2.23. The van der Waals surface area contributed by atoms with Gasteiger partial charge in [0.05, 0.1) is 5.69 Å². The van der Waals surface area contributed by atoms with Crippen molar-refractivity contribution < 1.29 is 4.74 Å². The van der Waals surface area contributed by atoms with Crippen LogP contribution in [0.5, 0.6) is 11.5 Å². The van der Waals surface area contributed by atoms with Crippen LogP contribution in [0.2, 0.25) is 0 Å². The molecule has 3 nitrogen and oxygen atoms in total. The lowest BCUT2D eigenvalue weighted by Gasteiger charge is -2.21. The number of anilines is 2. The van der Waals surface area contributed by atoms with Crippen LogP contribution >= 0.6 is 0 Å². The van der Waals surface area contributed by atoms with E-state index in [1.54, 1.807) is 0 Å². The molecule has 0 amide bonds. The molecule has 1 heterocycles. The van der Waals surface area contributed by atoms with Gasteiger partial charge >= 0.3 is 0 Å². The van der Waals surface area contributed by atoms with Crippen molar-refractivity contribution in [3.05, 3.63) is 48.5 Å². The molecule has 98 valence electrons. The lowest BCUT2D eigenvalue weighted by molar-refractivity contribution is 0.482. The molecule has 1 fully saturated rings. The highest BCUT2D eigenvalue weighted by molar-refractivity contribution is 5.60. The van der Waals surface area contributed by atoms with Gasteiger partial charge in [0, 0.05) is 18.8 Å². The Kier molecular flexibility index (Phi) is 3.27. The zero-order valence-electron chi connectivity index (χ0n) is 10.9. The monoisotopic (exact) mass is 254 g/mol. The lowest BCUT2D eigenvalue weighted by Crippen LogP contribution is -2.18. The number of nitrogen functional groups attached to an aromatic ring is 1. The van der Waals surface area contributed by atoms with E-state index in [0.29, 0.717) is 0 Å². The number of hydrogen-bond donors (Lipinski definition) is 1. The molecule has 1 aliphatic heterocycles. The summed E-state index contributed by atoms with van der Waals surface area (Å²) >= 11 is 0. The van der Waals surface area contributed by atoms with Crippen LogP contribution in [0.3, 0.4) is 0 Å². The largest absolute Gasteiger partial charge is 0.455 e. The van der Waals surface area contributed by atoms with Crippen molar-refractivity contribution in [3.8, 4) is 11.5 Å². The smallest absolute Gasteiger partial charge is 0.150 e. The molecule has 0 bridgehead atoms. The summed E-state index contributed by atoms with van der Waals surface area (Å²) in [5, 5.41) is 0. The molecule has 0 spiro atoms. The van der Waals surface area contributed by atoms with Crippen molar-refractivity contribution in [2.75, 3.05) is 23.7 Å². The minimum atomic E-state index is 0.750. The van der Waals surface area contributed by atoms with Crippen molar-refractivity contribution in [1.29, 1.82) is 0 Å². The maximum absolute atomic E-state index is 5.98. The molecule has 0 saturated carbocycles. The predicted molar refractivity (Wildman–Crippen MR) is 78.8 cm³/mol. The van der Waals surface area contributed by atoms with Crippen molar-refractivity contribution in [1.82, 2.24) is 0 Å². The van der Waals surface area contributed by atoms with Crippen LogP contribution in [-0.2, 0) is 0 Å². The van der Waals surface area contributed by atoms with Gasteiger partial charge < -0.3 is 15.4 Å². The first kappa shape index (κ1) is 11.9. The highest BCUT2D eigenvalue weighted by Crippen LogP contribution is 2.34. The third-order valence-corrected chi connectivity index (χ3v) is 3.42. The maximum Gasteiger partial charge on any atom is 0.150 e. The molecular formula is C16H18N2O. The zero-order chi connectivity index (χ0) is 13.1. The molecule has 0 atom stereocenters. The predicted octanol–water partition coefficient (Wildman–Crippen LogP) is 3.66. The van der Waals surface area contributed by atoms with Gasteiger partial charge in [0.2, 0.25) is 0 Å². The molecule has 19 heavy (non-hydrogen) atoms. The molecule has 0 aliphatic carbocycles. The van der Waals surface area contributed by atoms with Crippen molar-refractivity contribution in [3.63, 3.8) is 0 Å². The third kappa shape index (κ3) is 2.65. The van der Waals surface area contributed by atoms with Crippen LogP contribution < -0.4 is 15.4 Å². The highest BCUT2D eigenvalue weighted by atomic mass is 16.5. The Morgan fingerprint density at radius 3 is 2.32 bits per heavy atom. The van der Waals surface area contributed by atoms with Gasteiger partial charge in [-0.3, -0.25) is 0 Å². The minimum Gasteiger partial charge on any atom is -0.455 e. The Balaban J connectivity index is 1.85. The first-order chi connectivity index (χ1) is 9.33. The Morgan fingerprint density at radius 1 is 0.895 bits per heavy atom. The topological polar surface area (TPSA) is 38.5 Å². The standard InChI is InChI=1S/C16H18N2O/c17-13-7-9-14(10-8-13)19-16-6-2-1-5-15(16)18-11-3-4-12-18/h1-2,5-10H,3-4,11-12,17H2. The zero-order valence-corrected chi connectivity index (χ0v) is 10.9. The summed E-state index contributed by atoms with van der Waals surface area (Å²) in [5.74, 6) is 1.73. The normalized spacial score (nSPS) is 14.6. The summed E-state index contributed by atoms with van der Waals surface area (Å²) in [5.41, 5.74) is 7.61. The number of para-hydroxylation sites is 2. The average Bonchev–Trinajstić information content (AvgIpc) is 2.96. The maximum atomic E-state index is 5.98. The molecular weight excluding hydrogens is 236 g/mol. The van der Waals surface area contributed by atoms with E-state index in [1.807, 2.05) is 36.4 Å². The van der Waals surface area contributed by atoms with Gasteiger partial charge in [-0.05, 0) is 49.2 Å². The van der Waals surface area contributed by atoms with Gasteiger partial charge in [0.25, 0.3) is 0 Å². The summed E-state index contributed by atoms with van der Waals surface area (Å²) in [4.78, 5) is 2.38. The van der Waals surface area contributed by atoms with E-state index in [9.17, 15) is 0 Å². The van der Waals surface area contributed by atoms with E-state index < -0.39 is 0 Å². The fourth-order valence-electron chi connectivity index (χ4n) is 2.43. The van der Waals surface area contributed by atoms with Crippen LogP contribution in [-0.4, -0.2) is 13.1 Å². The van der Waals surface area contributed by atoms with Crippen LogP contribution in [0, 0.1) is 0 Å². The molecule has 2 aromatic carbocycles. The number of ether oxygens (including phenoxy) is 1. The van der Waals surface area contributed by atoms with E-state index in [0.717, 1.165) is 30.3 Å². The minimum absolute atomic E-state index is 0.750. The van der Waals surface area contributed by atoms with E-state index >= 15 is 0 Å². The van der Waals surface area contributed by atoms with Gasteiger partial charge in [0.15, 0.2) is 5.75 Å². The second-order valence-electron chi connectivity index (χ2n) is 4.83. The second kappa shape index (κ2) is 5.22. The molecule has 2 aromatic rings. The number of nitrogens with zero attached hydrogens (tertiary/aromatic N) is 1. The Hall–Kier alpha value is -2.16. The highest BCUT2D eigenvalue weighted by Gasteiger charge is 2.16. The van der Waals surface area contributed by atoms with E-state index in [-0.39, 0.29) is 0 Å². The molecule has 1 aliphatic rings.